The van der Waals surface area contributed by atoms with E-state index in [1.54, 1.807) is 0 Å². The Kier molecular flexibility index (Phi) is 4.19. The number of aromatic nitrogens is 3. The van der Waals surface area contributed by atoms with E-state index in [2.05, 4.69) is 9.97 Å². The van der Waals surface area contributed by atoms with Crippen LogP contribution in [0.1, 0.15) is 6.23 Å². The second-order valence-electron chi connectivity index (χ2n) is 5.39. The molecule has 0 aromatic carbocycles. The van der Waals surface area contributed by atoms with E-state index in [1.807, 2.05) is 11.8 Å². The summed E-state index contributed by atoms with van der Waals surface area (Å²) in [6.45, 7) is -1.96. The van der Waals surface area contributed by atoms with Crippen LogP contribution in [0.5, 0.6) is 0 Å². The molecule has 0 aliphatic carbocycles. The van der Waals surface area contributed by atoms with Gasteiger partial charge in [0.15, 0.2) is 17.7 Å². The van der Waals surface area contributed by atoms with Crippen molar-refractivity contribution in [1.29, 1.82) is 0 Å². The van der Waals surface area contributed by atoms with Crippen molar-refractivity contribution in [1.82, 2.24) is 14.5 Å². The third-order valence-corrected chi connectivity index (χ3v) is 3.88. The molecule has 1 saturated heterocycles. The van der Waals surface area contributed by atoms with Crippen molar-refractivity contribution in [3.63, 3.8) is 0 Å². The predicted molar refractivity (Wildman–Crippen MR) is 79.3 cm³/mol. The first-order chi connectivity index (χ1) is 11.8. The Morgan fingerprint density at radius 2 is 2.28 bits per heavy atom. The number of hydrogen-bond acceptors (Lipinski definition) is 6. The number of nitrogens with two attached hydrogens (primary N) is 1. The lowest BCUT2D eigenvalue weighted by Gasteiger charge is -2.24. The molecule has 4 atom stereocenters. The number of ether oxygens (including phenoxy) is 1. The average molecular weight is 358 g/mol. The highest BCUT2D eigenvalue weighted by atomic mass is 19.1. The first-order valence-electron chi connectivity index (χ1n) is 7.08. The minimum Gasteiger partial charge on any atom is -0.394 e. The number of anilines is 1. The fraction of sp³-hybridized carbons (Fsp3) is 0.429. The normalized spacial score (nSPS) is 28.9. The third-order valence-electron chi connectivity index (χ3n) is 3.88. The Balaban J connectivity index is 2.23. The number of aliphatic hydroxyl groups excluding tert-OH is 2. The molecule has 0 spiro atoms. The molecule has 2 aromatic heterocycles. The van der Waals surface area contributed by atoms with E-state index < -0.39 is 54.1 Å². The summed E-state index contributed by atoms with van der Waals surface area (Å²) in [6, 6.07) is 0. The molecule has 134 valence electrons. The topological polar surface area (TPSA) is 126 Å². The van der Waals surface area contributed by atoms with Crippen molar-refractivity contribution in [2.75, 3.05) is 19.0 Å². The summed E-state index contributed by atoms with van der Waals surface area (Å²) in [6.07, 6.45) is -4.40. The van der Waals surface area contributed by atoms with Gasteiger partial charge in [0.1, 0.15) is 24.3 Å². The molecule has 1 fully saturated rings. The monoisotopic (exact) mass is 358 g/mol. The summed E-state index contributed by atoms with van der Waals surface area (Å²) in [4.78, 5) is 17.7. The molecule has 0 bridgehead atoms. The van der Waals surface area contributed by atoms with Crippen molar-refractivity contribution in [2.45, 2.75) is 24.1 Å². The molecule has 1 aliphatic heterocycles. The second-order valence-corrected chi connectivity index (χ2v) is 5.39. The van der Waals surface area contributed by atoms with E-state index >= 15 is 4.39 Å². The van der Waals surface area contributed by atoms with Gasteiger partial charge in [-0.2, -0.15) is 4.98 Å². The molecule has 1 unspecified atom stereocenters. The first-order valence-corrected chi connectivity index (χ1v) is 7.08. The SMILES string of the molecule is Nc1nc2c(c(F)cn2[C@@H]2O[C@H](CO)C(O)[C@]2(F)C#CCF)c(=O)[nH]1. The molecule has 0 radical (unpaired) electrons. The van der Waals surface area contributed by atoms with Gasteiger partial charge in [0, 0.05) is 6.20 Å². The van der Waals surface area contributed by atoms with Gasteiger partial charge in [-0.25, -0.2) is 13.2 Å². The van der Waals surface area contributed by atoms with Crippen molar-refractivity contribution < 1.29 is 28.1 Å². The van der Waals surface area contributed by atoms with Crippen LogP contribution in [0.3, 0.4) is 0 Å². The molecule has 0 amide bonds. The van der Waals surface area contributed by atoms with Crippen LogP contribution in [0.2, 0.25) is 0 Å². The van der Waals surface area contributed by atoms with Gasteiger partial charge in [0.25, 0.3) is 5.56 Å². The number of aromatic amines is 1. The molecule has 11 heteroatoms. The molecule has 3 rings (SSSR count). The maximum absolute atomic E-state index is 15.3. The minimum atomic E-state index is -2.88. The number of hydrogen-bond donors (Lipinski definition) is 4. The molecule has 25 heavy (non-hydrogen) atoms. The van der Waals surface area contributed by atoms with Crippen LogP contribution in [0.25, 0.3) is 11.0 Å². The zero-order chi connectivity index (χ0) is 18.4. The fourth-order valence-corrected chi connectivity index (χ4v) is 2.78. The maximum Gasteiger partial charge on any atom is 0.264 e. The van der Waals surface area contributed by atoms with Gasteiger partial charge in [0.05, 0.1) is 6.61 Å². The lowest BCUT2D eigenvalue weighted by Crippen LogP contribution is -2.42. The number of nitrogens with one attached hydrogen (secondary N) is 1. The van der Waals surface area contributed by atoms with E-state index in [0.717, 1.165) is 10.8 Å². The number of alkyl halides is 2. The average Bonchev–Trinajstić information content (AvgIpc) is 3.01. The second kappa shape index (κ2) is 6.07. The summed E-state index contributed by atoms with van der Waals surface area (Å²) in [5.41, 5.74) is 1.31. The predicted octanol–water partition coefficient (Wildman–Crippen LogP) is -0.622. The number of nitrogen functional groups attached to an aromatic ring is 1. The number of H-pyrrole nitrogens is 1. The van der Waals surface area contributed by atoms with E-state index in [4.69, 9.17) is 10.5 Å². The number of halogens is 3. The van der Waals surface area contributed by atoms with Crippen LogP contribution in [0, 0.1) is 17.7 Å². The molecule has 0 saturated carbocycles. The van der Waals surface area contributed by atoms with Crippen LogP contribution in [0.4, 0.5) is 19.1 Å². The fourth-order valence-electron chi connectivity index (χ4n) is 2.78. The number of rotatable bonds is 2. The number of aliphatic hydroxyl groups is 2. The van der Waals surface area contributed by atoms with Gasteiger partial charge in [-0.05, 0) is 0 Å². The maximum atomic E-state index is 15.3. The van der Waals surface area contributed by atoms with Gasteiger partial charge in [0.2, 0.25) is 11.6 Å². The molecule has 8 nitrogen and oxygen atoms in total. The largest absolute Gasteiger partial charge is 0.394 e. The van der Waals surface area contributed by atoms with Crippen LogP contribution in [-0.2, 0) is 4.74 Å². The Morgan fingerprint density at radius 1 is 1.56 bits per heavy atom. The van der Waals surface area contributed by atoms with Crippen LogP contribution in [-0.4, -0.2) is 55.9 Å². The van der Waals surface area contributed by atoms with Crippen molar-refractivity contribution in [3.8, 4) is 11.8 Å². The Labute approximate surface area is 138 Å². The molecular formula is C14H13F3N4O4. The Hall–Kier alpha value is -2.55. The van der Waals surface area contributed by atoms with E-state index in [-0.39, 0.29) is 11.6 Å². The molecular weight excluding hydrogens is 345 g/mol. The van der Waals surface area contributed by atoms with Gasteiger partial charge >= 0.3 is 0 Å². The molecule has 5 N–H and O–H groups in total. The summed E-state index contributed by atoms with van der Waals surface area (Å²) < 4.78 is 47.8. The Bertz CT molecular complexity index is 934. The first kappa shape index (κ1) is 17.3. The summed E-state index contributed by atoms with van der Waals surface area (Å²) in [5.74, 6) is 2.37. The minimum absolute atomic E-state index is 0.349. The lowest BCUT2D eigenvalue weighted by atomic mass is 9.96. The zero-order valence-corrected chi connectivity index (χ0v) is 12.5. The van der Waals surface area contributed by atoms with Crippen LogP contribution >= 0.6 is 0 Å². The van der Waals surface area contributed by atoms with Crippen molar-refractivity contribution in [2.24, 2.45) is 0 Å². The van der Waals surface area contributed by atoms with Gasteiger partial charge in [-0.15, -0.1) is 0 Å². The smallest absolute Gasteiger partial charge is 0.264 e. The zero-order valence-electron chi connectivity index (χ0n) is 12.5. The van der Waals surface area contributed by atoms with Gasteiger partial charge < -0.3 is 20.7 Å². The molecule has 3 heterocycles. The van der Waals surface area contributed by atoms with Crippen LogP contribution < -0.4 is 11.3 Å². The number of fused-ring (bicyclic) bond motifs is 1. The molecule has 1 aliphatic rings. The molecule has 2 aromatic rings. The highest BCUT2D eigenvalue weighted by molar-refractivity contribution is 5.77. The van der Waals surface area contributed by atoms with Crippen LogP contribution in [0.15, 0.2) is 11.0 Å². The quantitative estimate of drug-likeness (QED) is 0.530. The van der Waals surface area contributed by atoms with E-state index in [0.29, 0.717) is 0 Å². The van der Waals surface area contributed by atoms with E-state index in [1.165, 1.54) is 0 Å². The highest BCUT2D eigenvalue weighted by Crippen LogP contribution is 2.42. The summed E-state index contributed by atoms with van der Waals surface area (Å²) in [7, 11) is 0. The van der Waals surface area contributed by atoms with Crippen molar-refractivity contribution >= 4 is 17.0 Å². The standard InChI is InChI=1S/C14H13F3N4O4/c15-3-1-2-14(17)9(23)7(5-22)25-12(14)21-4-6(16)8-10(21)19-13(18)20-11(8)24/h4,7,9,12,22-23H,3,5H2,(H3,18,19,20,24)/t7-,9?,12-,14-/m1/s1. The van der Waals surface area contributed by atoms with Crippen molar-refractivity contribution in [3.05, 3.63) is 22.4 Å². The summed E-state index contributed by atoms with van der Waals surface area (Å²) >= 11 is 0. The summed E-state index contributed by atoms with van der Waals surface area (Å²) in [5, 5.41) is 18.8. The van der Waals surface area contributed by atoms with Gasteiger partial charge in [-0.1, -0.05) is 11.8 Å². The number of nitrogens with zero attached hydrogens (tertiary/aromatic N) is 2. The highest BCUT2D eigenvalue weighted by Gasteiger charge is 2.58. The lowest BCUT2D eigenvalue weighted by molar-refractivity contribution is -0.0503. The van der Waals surface area contributed by atoms with E-state index in [9.17, 15) is 23.8 Å². The van der Waals surface area contributed by atoms with Gasteiger partial charge in [-0.3, -0.25) is 14.3 Å². The Morgan fingerprint density at radius 3 is 2.92 bits per heavy atom. The third kappa shape index (κ3) is 2.55.